The van der Waals surface area contributed by atoms with Crippen molar-refractivity contribution in [3.8, 4) is 0 Å². The predicted octanol–water partition coefficient (Wildman–Crippen LogP) is 2.97. The van der Waals surface area contributed by atoms with Gasteiger partial charge in [-0.25, -0.2) is 4.98 Å². The second kappa shape index (κ2) is 8.23. The Bertz CT molecular complexity index is 980. The van der Waals surface area contributed by atoms with Crippen LogP contribution in [-0.4, -0.2) is 43.5 Å². The highest BCUT2D eigenvalue weighted by Gasteiger charge is 2.35. The SMILES string of the molecule is O=C(CSC(=S)N1CC2CC(C1)c1cccc(=O)n1C2)Nc1cccc(Cl)n1. The average Bonchev–Trinajstić information content (AvgIpc) is 2.67. The van der Waals surface area contributed by atoms with Crippen LogP contribution in [0.3, 0.4) is 0 Å². The van der Waals surface area contributed by atoms with Crippen LogP contribution in [0, 0.1) is 5.92 Å². The van der Waals surface area contributed by atoms with E-state index in [0.717, 1.165) is 36.1 Å². The molecule has 0 aromatic carbocycles. The summed E-state index contributed by atoms with van der Waals surface area (Å²) < 4.78 is 2.62. The van der Waals surface area contributed by atoms with Gasteiger partial charge in [0, 0.05) is 37.3 Å². The highest BCUT2D eigenvalue weighted by atomic mass is 35.5. The fourth-order valence-corrected chi connectivity index (χ4v) is 5.07. The molecule has 2 atom stereocenters. The lowest BCUT2D eigenvalue weighted by Crippen LogP contribution is -2.48. The number of thioether (sulfide) groups is 1. The maximum atomic E-state index is 12.2. The van der Waals surface area contributed by atoms with Gasteiger partial charge in [0.25, 0.3) is 5.56 Å². The lowest BCUT2D eigenvalue weighted by atomic mass is 9.83. The molecule has 0 aliphatic carbocycles. The van der Waals surface area contributed by atoms with E-state index in [1.807, 2.05) is 16.7 Å². The molecule has 2 bridgehead atoms. The topological polar surface area (TPSA) is 67.2 Å². The van der Waals surface area contributed by atoms with Crippen LogP contribution in [0.25, 0.3) is 0 Å². The summed E-state index contributed by atoms with van der Waals surface area (Å²) in [7, 11) is 0. The van der Waals surface area contributed by atoms with E-state index in [0.29, 0.717) is 22.8 Å². The Morgan fingerprint density at radius 1 is 1.25 bits per heavy atom. The lowest BCUT2D eigenvalue weighted by Gasteiger charge is -2.43. The van der Waals surface area contributed by atoms with Crippen molar-refractivity contribution in [1.29, 1.82) is 0 Å². The van der Waals surface area contributed by atoms with Crippen molar-refractivity contribution in [1.82, 2.24) is 14.5 Å². The normalized spacial score (nSPS) is 20.4. The summed E-state index contributed by atoms with van der Waals surface area (Å²) in [5.74, 6) is 1.17. The van der Waals surface area contributed by atoms with Crippen LogP contribution in [0.5, 0.6) is 0 Å². The number of thiocarbonyl (C=S) groups is 1. The van der Waals surface area contributed by atoms with Crippen LogP contribution < -0.4 is 10.9 Å². The van der Waals surface area contributed by atoms with Crippen LogP contribution >= 0.6 is 35.6 Å². The number of carbonyl (C=O) groups is 1. The second-order valence-corrected chi connectivity index (χ2v) is 9.05. The molecular weight excluding hydrogens is 416 g/mol. The van der Waals surface area contributed by atoms with Gasteiger partial charge in [-0.2, -0.15) is 0 Å². The van der Waals surface area contributed by atoms with E-state index in [1.54, 1.807) is 24.3 Å². The van der Waals surface area contributed by atoms with Crippen molar-refractivity contribution in [3.05, 3.63) is 57.6 Å². The van der Waals surface area contributed by atoms with E-state index in [1.165, 1.54) is 11.8 Å². The number of amides is 1. The Morgan fingerprint density at radius 2 is 2.07 bits per heavy atom. The molecule has 6 nitrogen and oxygen atoms in total. The van der Waals surface area contributed by atoms with E-state index >= 15 is 0 Å². The van der Waals surface area contributed by atoms with Crippen molar-refractivity contribution < 1.29 is 4.79 Å². The second-order valence-electron chi connectivity index (χ2n) is 7.05. The number of pyridine rings is 2. The smallest absolute Gasteiger partial charge is 0.250 e. The van der Waals surface area contributed by atoms with E-state index in [2.05, 4.69) is 15.2 Å². The van der Waals surface area contributed by atoms with E-state index in [-0.39, 0.29) is 17.2 Å². The van der Waals surface area contributed by atoms with Gasteiger partial charge in [0.1, 0.15) is 15.3 Å². The predicted molar refractivity (Wildman–Crippen MR) is 116 cm³/mol. The Kier molecular flexibility index (Phi) is 5.70. The van der Waals surface area contributed by atoms with Crippen LogP contribution in [0.2, 0.25) is 5.15 Å². The number of nitrogens with one attached hydrogen (secondary N) is 1. The van der Waals surface area contributed by atoms with Gasteiger partial charge in [0.2, 0.25) is 5.91 Å². The summed E-state index contributed by atoms with van der Waals surface area (Å²) in [6.45, 7) is 2.33. The number of likely N-dealkylation sites (tertiary alicyclic amines) is 1. The van der Waals surface area contributed by atoms with Gasteiger partial charge in [0.05, 0.1) is 5.75 Å². The molecule has 1 saturated heterocycles. The minimum Gasteiger partial charge on any atom is -0.356 e. The number of nitrogens with zero attached hydrogens (tertiary/aromatic N) is 3. The summed E-state index contributed by atoms with van der Waals surface area (Å²) >= 11 is 12.8. The van der Waals surface area contributed by atoms with Gasteiger partial charge in [0.15, 0.2) is 0 Å². The van der Waals surface area contributed by atoms with E-state index in [9.17, 15) is 9.59 Å². The molecule has 0 spiro atoms. The van der Waals surface area contributed by atoms with Crippen LogP contribution in [-0.2, 0) is 11.3 Å². The number of hydrogen-bond donors (Lipinski definition) is 1. The first-order valence-electron chi connectivity index (χ1n) is 9.03. The molecule has 28 heavy (non-hydrogen) atoms. The van der Waals surface area contributed by atoms with E-state index in [4.69, 9.17) is 23.8 Å². The van der Waals surface area contributed by atoms with Gasteiger partial charge < -0.3 is 14.8 Å². The van der Waals surface area contributed by atoms with Crippen molar-refractivity contribution >= 4 is 51.6 Å². The Labute approximate surface area is 177 Å². The molecule has 1 amide bonds. The maximum absolute atomic E-state index is 12.2. The zero-order valence-corrected chi connectivity index (χ0v) is 17.4. The summed E-state index contributed by atoms with van der Waals surface area (Å²) in [6, 6.07) is 10.6. The Morgan fingerprint density at radius 3 is 2.89 bits per heavy atom. The number of anilines is 1. The van der Waals surface area contributed by atoms with Gasteiger partial charge in [-0.15, -0.1) is 0 Å². The number of aromatic nitrogens is 2. The van der Waals surface area contributed by atoms with Crippen LogP contribution in [0.1, 0.15) is 18.0 Å². The minimum atomic E-state index is -0.170. The summed E-state index contributed by atoms with van der Waals surface area (Å²) in [4.78, 5) is 30.5. The molecule has 1 fully saturated rings. The number of piperidine rings is 1. The fourth-order valence-electron chi connectivity index (χ4n) is 3.92. The molecule has 9 heteroatoms. The Hall–Kier alpha value is -1.90. The first-order valence-corrected chi connectivity index (χ1v) is 10.8. The zero-order chi connectivity index (χ0) is 19.7. The first-order chi connectivity index (χ1) is 13.5. The molecule has 0 radical (unpaired) electrons. The van der Waals surface area contributed by atoms with Crippen LogP contribution in [0.15, 0.2) is 41.2 Å². The molecule has 2 unspecified atom stereocenters. The van der Waals surface area contributed by atoms with Crippen molar-refractivity contribution in [3.63, 3.8) is 0 Å². The number of carbonyl (C=O) groups excluding carboxylic acids is 1. The number of hydrogen-bond acceptors (Lipinski definition) is 5. The molecule has 2 aromatic rings. The summed E-state index contributed by atoms with van der Waals surface area (Å²) in [5.41, 5.74) is 1.16. The largest absolute Gasteiger partial charge is 0.356 e. The van der Waals surface area contributed by atoms with Crippen molar-refractivity contribution in [2.75, 3.05) is 24.2 Å². The molecular formula is C19H19ClN4O2S2. The number of fused-ring (bicyclic) bond motifs is 4. The maximum Gasteiger partial charge on any atom is 0.250 e. The van der Waals surface area contributed by atoms with Gasteiger partial charge in [-0.3, -0.25) is 9.59 Å². The molecule has 2 aliphatic heterocycles. The molecule has 146 valence electrons. The average molecular weight is 435 g/mol. The van der Waals surface area contributed by atoms with Gasteiger partial charge in [-0.05, 0) is 30.5 Å². The fraction of sp³-hybridized carbons (Fsp3) is 0.368. The number of halogens is 1. The molecule has 0 saturated carbocycles. The monoisotopic (exact) mass is 434 g/mol. The number of rotatable bonds is 3. The van der Waals surface area contributed by atoms with Crippen molar-refractivity contribution in [2.45, 2.75) is 18.9 Å². The minimum absolute atomic E-state index is 0.0731. The van der Waals surface area contributed by atoms with Crippen LogP contribution in [0.4, 0.5) is 5.82 Å². The third-order valence-electron chi connectivity index (χ3n) is 5.05. The van der Waals surface area contributed by atoms with Crippen molar-refractivity contribution in [2.24, 2.45) is 5.92 Å². The molecule has 2 aromatic heterocycles. The highest BCUT2D eigenvalue weighted by molar-refractivity contribution is 8.23. The summed E-state index contributed by atoms with van der Waals surface area (Å²) in [5, 5.41) is 3.06. The molecule has 1 N–H and O–H groups in total. The molecule has 4 heterocycles. The first kappa shape index (κ1) is 19.4. The zero-order valence-electron chi connectivity index (χ0n) is 15.0. The standard InChI is InChI=1S/C19H19ClN4O2S2/c20-15-4-2-5-16(21-15)22-17(25)11-28-19(27)23-8-12-7-13(10-23)14-3-1-6-18(26)24(14)9-12/h1-6,12-13H,7-11H2,(H,21,22,25). The lowest BCUT2D eigenvalue weighted by molar-refractivity contribution is -0.113. The van der Waals surface area contributed by atoms with Gasteiger partial charge in [-0.1, -0.05) is 47.7 Å². The molecule has 2 aliphatic rings. The highest BCUT2D eigenvalue weighted by Crippen LogP contribution is 2.36. The Balaban J connectivity index is 1.35. The molecule has 4 rings (SSSR count). The third kappa shape index (κ3) is 4.24. The quantitative estimate of drug-likeness (QED) is 0.591. The third-order valence-corrected chi connectivity index (χ3v) is 6.78. The summed E-state index contributed by atoms with van der Waals surface area (Å²) in [6.07, 6.45) is 1.08. The van der Waals surface area contributed by atoms with E-state index < -0.39 is 0 Å². The van der Waals surface area contributed by atoms with Gasteiger partial charge >= 0.3 is 0 Å².